The van der Waals surface area contributed by atoms with E-state index in [9.17, 15) is 4.79 Å². The van der Waals surface area contributed by atoms with Gasteiger partial charge in [-0.1, -0.05) is 37.5 Å². The van der Waals surface area contributed by atoms with E-state index in [0.29, 0.717) is 5.92 Å². The van der Waals surface area contributed by atoms with E-state index < -0.39 is 0 Å². The quantitative estimate of drug-likeness (QED) is 0.691. The van der Waals surface area contributed by atoms with Crippen LogP contribution in [-0.4, -0.2) is 12.1 Å². The second kappa shape index (κ2) is 4.52. The summed E-state index contributed by atoms with van der Waals surface area (Å²) in [5.74, 6) is 0.462. The average Bonchev–Trinajstić information content (AvgIpc) is 2.40. The Labute approximate surface area is 102 Å². The summed E-state index contributed by atoms with van der Waals surface area (Å²) in [5, 5.41) is 0. The Morgan fingerprint density at radius 3 is 2.65 bits per heavy atom. The maximum Gasteiger partial charge on any atom is 0.338 e. The first kappa shape index (κ1) is 10.8. The zero-order valence-corrected chi connectivity index (χ0v) is 10.0. The van der Waals surface area contributed by atoms with Crippen molar-refractivity contribution in [3.8, 4) is 0 Å². The van der Waals surface area contributed by atoms with Crippen LogP contribution in [0.1, 0.15) is 48.0 Å². The molecule has 1 atom stereocenters. The fraction of sp³-hybridized carbons (Fsp3) is 0.533. The predicted octanol–water partition coefficient (Wildman–Crippen LogP) is 3.35. The summed E-state index contributed by atoms with van der Waals surface area (Å²) in [6.45, 7) is 0. The molecule has 3 rings (SSSR count). The van der Waals surface area contributed by atoms with Gasteiger partial charge in [-0.15, -0.1) is 0 Å². The van der Waals surface area contributed by atoms with Crippen molar-refractivity contribution in [3.05, 3.63) is 35.4 Å². The van der Waals surface area contributed by atoms with Crippen LogP contribution in [0.25, 0.3) is 0 Å². The Morgan fingerprint density at radius 2 is 1.82 bits per heavy atom. The van der Waals surface area contributed by atoms with Crippen LogP contribution >= 0.6 is 0 Å². The Bertz CT molecular complexity index is 419. The molecule has 0 radical (unpaired) electrons. The average molecular weight is 230 g/mol. The zero-order chi connectivity index (χ0) is 11.7. The molecule has 90 valence electrons. The second-order valence-electron chi connectivity index (χ2n) is 5.20. The molecule has 1 heterocycles. The van der Waals surface area contributed by atoms with Gasteiger partial charge in [0.15, 0.2) is 0 Å². The van der Waals surface area contributed by atoms with E-state index in [1.807, 2.05) is 18.2 Å². The highest BCUT2D eigenvalue weighted by Crippen LogP contribution is 2.33. The molecule has 2 aliphatic rings. The van der Waals surface area contributed by atoms with E-state index in [2.05, 4.69) is 6.07 Å². The first-order valence-corrected chi connectivity index (χ1v) is 6.63. The van der Waals surface area contributed by atoms with Gasteiger partial charge >= 0.3 is 5.97 Å². The summed E-state index contributed by atoms with van der Waals surface area (Å²) in [5.41, 5.74) is 1.93. The van der Waals surface area contributed by atoms with Crippen LogP contribution in [0.15, 0.2) is 24.3 Å². The molecule has 0 unspecified atom stereocenters. The Morgan fingerprint density at radius 1 is 1.06 bits per heavy atom. The molecule has 2 heteroatoms. The van der Waals surface area contributed by atoms with Crippen LogP contribution < -0.4 is 0 Å². The smallest absolute Gasteiger partial charge is 0.338 e. The molecule has 1 aromatic carbocycles. The lowest BCUT2D eigenvalue weighted by atomic mass is 9.81. The summed E-state index contributed by atoms with van der Waals surface area (Å²) < 4.78 is 5.61. The van der Waals surface area contributed by atoms with E-state index in [1.54, 1.807) is 0 Å². The molecule has 0 aromatic heterocycles. The van der Waals surface area contributed by atoms with Gasteiger partial charge < -0.3 is 4.74 Å². The number of benzene rings is 1. The number of ether oxygens (including phenoxy) is 1. The molecule has 1 fully saturated rings. The number of rotatable bonds is 1. The molecule has 1 saturated carbocycles. The third-order valence-corrected chi connectivity index (χ3v) is 4.09. The van der Waals surface area contributed by atoms with Gasteiger partial charge in [-0.25, -0.2) is 4.79 Å². The number of esters is 1. The molecular formula is C15H18O2. The van der Waals surface area contributed by atoms with Crippen LogP contribution in [-0.2, 0) is 11.2 Å². The molecule has 0 saturated heterocycles. The van der Waals surface area contributed by atoms with Crippen molar-refractivity contribution in [3.63, 3.8) is 0 Å². The molecule has 0 spiro atoms. The number of cyclic esters (lactones) is 1. The van der Waals surface area contributed by atoms with Crippen LogP contribution in [0, 0.1) is 5.92 Å². The first-order valence-electron chi connectivity index (χ1n) is 6.63. The minimum Gasteiger partial charge on any atom is -0.458 e. The van der Waals surface area contributed by atoms with Crippen molar-refractivity contribution in [1.82, 2.24) is 0 Å². The maximum absolute atomic E-state index is 11.9. The van der Waals surface area contributed by atoms with Gasteiger partial charge in [-0.05, 0) is 30.4 Å². The highest BCUT2D eigenvalue weighted by atomic mass is 16.5. The van der Waals surface area contributed by atoms with Crippen molar-refractivity contribution in [2.75, 3.05) is 0 Å². The van der Waals surface area contributed by atoms with E-state index in [0.717, 1.165) is 12.0 Å². The maximum atomic E-state index is 11.9. The van der Waals surface area contributed by atoms with Crippen LogP contribution in [0.4, 0.5) is 0 Å². The first-order chi connectivity index (χ1) is 8.34. The fourth-order valence-corrected chi connectivity index (χ4v) is 3.13. The molecule has 1 aliphatic heterocycles. The lowest BCUT2D eigenvalue weighted by Gasteiger charge is -2.33. The van der Waals surface area contributed by atoms with Crippen LogP contribution in [0.2, 0.25) is 0 Å². The Hall–Kier alpha value is -1.31. The zero-order valence-electron chi connectivity index (χ0n) is 10.0. The van der Waals surface area contributed by atoms with E-state index in [1.165, 1.54) is 37.7 Å². The lowest BCUT2D eigenvalue weighted by molar-refractivity contribution is 0.00276. The summed E-state index contributed by atoms with van der Waals surface area (Å²) in [6, 6.07) is 7.84. The highest BCUT2D eigenvalue weighted by Gasteiger charge is 2.32. The van der Waals surface area contributed by atoms with Gasteiger partial charge in [-0.3, -0.25) is 0 Å². The summed E-state index contributed by atoms with van der Waals surface area (Å²) in [7, 11) is 0. The number of carbonyl (C=O) groups excluding carboxylic acids is 1. The Balaban J connectivity index is 1.80. The van der Waals surface area contributed by atoms with Crippen molar-refractivity contribution in [2.24, 2.45) is 5.92 Å². The lowest BCUT2D eigenvalue weighted by Crippen LogP contribution is -2.34. The summed E-state index contributed by atoms with van der Waals surface area (Å²) in [4.78, 5) is 11.9. The minimum atomic E-state index is -0.123. The highest BCUT2D eigenvalue weighted by molar-refractivity contribution is 5.92. The van der Waals surface area contributed by atoms with Crippen molar-refractivity contribution < 1.29 is 9.53 Å². The molecular weight excluding hydrogens is 212 g/mol. The molecule has 0 bridgehead atoms. The summed E-state index contributed by atoms with van der Waals surface area (Å²) >= 11 is 0. The third kappa shape index (κ3) is 2.08. The molecule has 2 nitrogen and oxygen atoms in total. The van der Waals surface area contributed by atoms with Gasteiger partial charge in [0.1, 0.15) is 6.10 Å². The minimum absolute atomic E-state index is 0.123. The van der Waals surface area contributed by atoms with Gasteiger partial charge in [-0.2, -0.15) is 0 Å². The fourth-order valence-electron chi connectivity index (χ4n) is 3.13. The third-order valence-electron chi connectivity index (χ3n) is 4.09. The van der Waals surface area contributed by atoms with Crippen LogP contribution in [0.5, 0.6) is 0 Å². The summed E-state index contributed by atoms with van der Waals surface area (Å²) in [6.07, 6.45) is 7.40. The van der Waals surface area contributed by atoms with E-state index in [4.69, 9.17) is 4.74 Å². The number of carbonyl (C=O) groups is 1. The normalized spacial score (nSPS) is 25.2. The van der Waals surface area contributed by atoms with Gasteiger partial charge in [0.05, 0.1) is 5.56 Å². The number of hydrogen-bond donors (Lipinski definition) is 0. The molecule has 1 aromatic rings. The molecule has 0 N–H and O–H groups in total. The number of fused-ring (bicyclic) bond motifs is 1. The van der Waals surface area contributed by atoms with Crippen molar-refractivity contribution in [1.29, 1.82) is 0 Å². The van der Waals surface area contributed by atoms with Gasteiger partial charge in [0.25, 0.3) is 0 Å². The predicted molar refractivity (Wildman–Crippen MR) is 65.9 cm³/mol. The topological polar surface area (TPSA) is 26.3 Å². The SMILES string of the molecule is O=C1O[C@@H](C2CCCCC2)Cc2ccccc21. The standard InChI is InChI=1S/C15H18O2/c16-15-13-9-5-4-8-12(13)10-14(17-15)11-6-2-1-3-7-11/h4-5,8-9,11,14H,1-3,6-7,10H2/t14-/m1/s1. The van der Waals surface area contributed by atoms with Gasteiger partial charge in [0.2, 0.25) is 0 Å². The van der Waals surface area contributed by atoms with Crippen LogP contribution in [0.3, 0.4) is 0 Å². The molecule has 17 heavy (non-hydrogen) atoms. The molecule has 1 aliphatic carbocycles. The molecule has 0 amide bonds. The second-order valence-corrected chi connectivity index (χ2v) is 5.20. The van der Waals surface area contributed by atoms with Crippen molar-refractivity contribution in [2.45, 2.75) is 44.6 Å². The number of hydrogen-bond acceptors (Lipinski definition) is 2. The van der Waals surface area contributed by atoms with Crippen molar-refractivity contribution >= 4 is 5.97 Å². The monoisotopic (exact) mass is 230 g/mol. The van der Waals surface area contributed by atoms with Gasteiger partial charge in [0, 0.05) is 6.42 Å². The van der Waals surface area contributed by atoms with E-state index in [-0.39, 0.29) is 12.1 Å². The van der Waals surface area contributed by atoms with E-state index >= 15 is 0 Å². The Kier molecular flexibility index (Phi) is 2.87. The largest absolute Gasteiger partial charge is 0.458 e.